The molecular weight excluding hydrogens is 60.9 g/mol. The smallest absolute Gasteiger partial charge is 0.131 e. The average molecular weight is 68.9 g/mol. The van der Waals surface area contributed by atoms with E-state index in [2.05, 4.69) is 5.32 Å². The van der Waals surface area contributed by atoms with Gasteiger partial charge in [-0.2, -0.15) is 0 Å². The molecule has 0 aliphatic rings. The summed E-state index contributed by atoms with van der Waals surface area (Å²) in [7, 11) is 3.84. The van der Waals surface area contributed by atoms with E-state index in [-0.39, 0.29) is 0 Å². The normalized spacial score (nSPS) is 9.00. The van der Waals surface area contributed by atoms with Crippen LogP contribution in [0.5, 0.6) is 0 Å². The fourth-order valence-electron chi connectivity index (χ4n) is 0.167. The molecule has 0 aliphatic heterocycles. The molecule has 0 aromatic carbocycles. The summed E-state index contributed by atoms with van der Waals surface area (Å²) in [5.41, 5.74) is 0. The number of hydrogen-bond acceptors (Lipinski definition) is 1. The highest BCUT2D eigenvalue weighted by atomic mass is 14.8. The summed E-state index contributed by atoms with van der Waals surface area (Å²) in [6.45, 7) is 0. The number of nitrogens with one attached hydrogen (secondary N) is 1. The quantitative estimate of drug-likeness (QED) is 0.402. The Hall–Kier alpha value is -0.395. The van der Waals surface area contributed by atoms with Crippen molar-refractivity contribution in [3.05, 3.63) is 12.2 Å². The van der Waals surface area contributed by atoms with Crippen LogP contribution in [-0.4, -0.2) is 14.9 Å². The van der Waals surface area contributed by atoms with Crippen molar-refractivity contribution in [2.24, 2.45) is 0 Å². The van der Waals surface area contributed by atoms with Gasteiger partial charge in [0.1, 0.15) is 7.85 Å². The lowest BCUT2D eigenvalue weighted by Crippen LogP contribution is -1.89. The molecule has 0 spiro atoms. The zero-order valence-corrected chi connectivity index (χ0v) is 3.65. The van der Waals surface area contributed by atoms with Crippen LogP contribution in [-0.2, 0) is 0 Å². The second-order valence-corrected chi connectivity index (χ2v) is 0.789. The van der Waals surface area contributed by atoms with Gasteiger partial charge < -0.3 is 5.32 Å². The summed E-state index contributed by atoms with van der Waals surface area (Å²) < 4.78 is 0. The second kappa shape index (κ2) is 3.60. The third-order valence-corrected chi connectivity index (χ3v) is 0.333. The van der Waals surface area contributed by atoms with Gasteiger partial charge >= 0.3 is 0 Å². The zero-order valence-electron chi connectivity index (χ0n) is 3.65. The van der Waals surface area contributed by atoms with Crippen LogP contribution in [0, 0.1) is 0 Å². The predicted molar refractivity (Wildman–Crippen MR) is 26.7 cm³/mol. The Kier molecular flexibility index (Phi) is 3.32. The maximum atomic E-state index is 2.84. The lowest BCUT2D eigenvalue weighted by atomic mass is 10.2. The van der Waals surface area contributed by atoms with Crippen LogP contribution >= 0.6 is 0 Å². The van der Waals surface area contributed by atoms with Crippen LogP contribution in [0.25, 0.3) is 0 Å². The molecule has 0 fully saturated rings. The zero-order chi connectivity index (χ0) is 4.12. The molecule has 5 heavy (non-hydrogen) atoms. The first kappa shape index (κ1) is 4.60. The van der Waals surface area contributed by atoms with Crippen molar-refractivity contribution in [3.63, 3.8) is 0 Å². The second-order valence-electron chi connectivity index (χ2n) is 0.789. The maximum absolute atomic E-state index is 2.84. The van der Waals surface area contributed by atoms with E-state index in [0.29, 0.717) is 0 Å². The van der Waals surface area contributed by atoms with Crippen LogP contribution in [0.4, 0.5) is 0 Å². The Morgan fingerprint density at radius 3 is 2.40 bits per heavy atom. The first-order valence-electron chi connectivity index (χ1n) is 1.70. The van der Waals surface area contributed by atoms with Gasteiger partial charge in [0, 0.05) is 7.05 Å². The van der Waals surface area contributed by atoms with E-state index < -0.39 is 0 Å². The molecule has 2 heteroatoms. The topological polar surface area (TPSA) is 12.0 Å². The fraction of sp³-hybridized carbons (Fsp3) is 0.333. The van der Waals surface area contributed by atoms with E-state index in [1.807, 2.05) is 27.1 Å². The largest absolute Gasteiger partial charge is 0.395 e. The van der Waals surface area contributed by atoms with E-state index in [1.54, 1.807) is 0 Å². The van der Waals surface area contributed by atoms with Gasteiger partial charge in [-0.3, -0.25) is 0 Å². The van der Waals surface area contributed by atoms with E-state index in [4.69, 9.17) is 0 Å². The Bertz CT molecular complexity index is 33.9. The van der Waals surface area contributed by atoms with Gasteiger partial charge in [-0.15, -0.1) is 5.98 Å². The molecule has 0 aliphatic carbocycles. The van der Waals surface area contributed by atoms with Crippen molar-refractivity contribution < 1.29 is 0 Å². The van der Waals surface area contributed by atoms with Crippen LogP contribution < -0.4 is 5.32 Å². The van der Waals surface area contributed by atoms with E-state index in [1.165, 1.54) is 0 Å². The van der Waals surface area contributed by atoms with Gasteiger partial charge in [-0.25, -0.2) is 0 Å². The van der Waals surface area contributed by atoms with Crippen molar-refractivity contribution in [3.8, 4) is 0 Å². The molecule has 0 saturated carbocycles. The molecule has 0 aromatic heterocycles. The van der Waals surface area contributed by atoms with Crippen molar-refractivity contribution in [1.29, 1.82) is 0 Å². The molecule has 0 aromatic rings. The molecule has 1 N–H and O–H groups in total. The maximum Gasteiger partial charge on any atom is 0.131 e. The molecule has 0 bridgehead atoms. The predicted octanol–water partition coefficient (Wildman–Crippen LogP) is -0.690. The minimum atomic E-state index is 1.88. The van der Waals surface area contributed by atoms with Crippen LogP contribution in [0.1, 0.15) is 0 Å². The SMILES string of the molecule is B/C=C\NC. The molecule has 28 valence electrons. The Morgan fingerprint density at radius 2 is 2.40 bits per heavy atom. The molecule has 0 atom stereocenters. The Morgan fingerprint density at radius 1 is 1.80 bits per heavy atom. The highest BCUT2D eigenvalue weighted by Gasteiger charge is 1.46. The summed E-state index contributed by atoms with van der Waals surface area (Å²) >= 11 is 0. The summed E-state index contributed by atoms with van der Waals surface area (Å²) in [5.74, 6) is 1.94. The molecule has 0 unspecified atom stereocenters. The first-order valence-corrected chi connectivity index (χ1v) is 1.70. The van der Waals surface area contributed by atoms with E-state index >= 15 is 0 Å². The summed E-state index contributed by atoms with van der Waals surface area (Å²) in [6, 6.07) is 0. The molecule has 0 amide bonds. The van der Waals surface area contributed by atoms with Crippen molar-refractivity contribution in [2.45, 2.75) is 0 Å². The standard InChI is InChI=1S/C3H8BN/c1-5-3-2-4/h2-3,5H,4H2,1H3/b3-2-. The van der Waals surface area contributed by atoms with Crippen LogP contribution in [0.15, 0.2) is 12.2 Å². The van der Waals surface area contributed by atoms with Gasteiger partial charge in [-0.05, 0) is 6.20 Å². The first-order chi connectivity index (χ1) is 2.41. The summed E-state index contributed by atoms with van der Waals surface area (Å²) in [4.78, 5) is 0. The molecule has 0 radical (unpaired) electrons. The van der Waals surface area contributed by atoms with Gasteiger partial charge in [0.25, 0.3) is 0 Å². The molecule has 0 rings (SSSR count). The van der Waals surface area contributed by atoms with Gasteiger partial charge in [-0.1, -0.05) is 0 Å². The third-order valence-electron chi connectivity index (χ3n) is 0.333. The highest BCUT2D eigenvalue weighted by Crippen LogP contribution is 1.46. The van der Waals surface area contributed by atoms with Crippen LogP contribution in [0.2, 0.25) is 0 Å². The Balaban J connectivity index is 2.62. The van der Waals surface area contributed by atoms with E-state index in [0.717, 1.165) is 0 Å². The van der Waals surface area contributed by atoms with Crippen LogP contribution in [0.3, 0.4) is 0 Å². The molecule has 0 saturated heterocycles. The van der Waals surface area contributed by atoms with Crippen molar-refractivity contribution in [2.75, 3.05) is 7.05 Å². The van der Waals surface area contributed by atoms with Gasteiger partial charge in [0.05, 0.1) is 0 Å². The minimum absolute atomic E-state index is 1.88. The lowest BCUT2D eigenvalue weighted by Gasteiger charge is -1.75. The van der Waals surface area contributed by atoms with Gasteiger partial charge in [0.2, 0.25) is 0 Å². The summed E-state index contributed by atoms with van der Waals surface area (Å²) in [5, 5.41) is 2.84. The average Bonchev–Trinajstić information content (AvgIpc) is 1.41. The van der Waals surface area contributed by atoms with Gasteiger partial charge in [0.15, 0.2) is 0 Å². The molecule has 1 nitrogen and oxygen atoms in total. The Labute approximate surface area is 33.5 Å². The third kappa shape index (κ3) is 3.60. The monoisotopic (exact) mass is 69.1 g/mol. The fourth-order valence-corrected chi connectivity index (χ4v) is 0.167. The minimum Gasteiger partial charge on any atom is -0.395 e. The number of hydrogen-bond donors (Lipinski definition) is 1. The molecule has 0 heterocycles. The summed E-state index contributed by atoms with van der Waals surface area (Å²) in [6.07, 6.45) is 1.88. The van der Waals surface area contributed by atoms with Crippen molar-refractivity contribution in [1.82, 2.24) is 5.32 Å². The highest BCUT2D eigenvalue weighted by molar-refractivity contribution is 6.16. The lowest BCUT2D eigenvalue weighted by molar-refractivity contribution is 1.11. The van der Waals surface area contributed by atoms with E-state index in [9.17, 15) is 0 Å². The number of rotatable bonds is 1. The molecular formula is C3H8BN. The van der Waals surface area contributed by atoms with Crippen molar-refractivity contribution >= 4 is 7.85 Å².